The summed E-state index contributed by atoms with van der Waals surface area (Å²) in [5.41, 5.74) is -1.44. The Labute approximate surface area is 143 Å². The minimum Gasteiger partial charge on any atom is -0.380 e. The molecular formula is C14H11BrF4N2O2S. The van der Waals surface area contributed by atoms with Crippen LogP contribution in [0.2, 0.25) is 0 Å². The van der Waals surface area contributed by atoms with E-state index in [-0.39, 0.29) is 17.8 Å². The second-order valence-electron chi connectivity index (χ2n) is 4.84. The second kappa shape index (κ2) is 6.69. The van der Waals surface area contributed by atoms with Crippen LogP contribution in [-0.2, 0) is 22.7 Å². The predicted molar refractivity (Wildman–Crippen MR) is 84.2 cm³/mol. The topological polar surface area (TPSA) is 72.2 Å². The van der Waals surface area contributed by atoms with E-state index in [1.807, 2.05) is 0 Å². The molecular weight excluding hydrogens is 416 g/mol. The molecule has 4 nitrogen and oxygen atoms in total. The second-order valence-corrected chi connectivity index (χ2v) is 7.32. The first-order valence-electron chi connectivity index (χ1n) is 6.40. The molecule has 10 heteroatoms. The molecule has 0 saturated carbocycles. The van der Waals surface area contributed by atoms with Gasteiger partial charge in [-0.05, 0) is 36.4 Å². The van der Waals surface area contributed by atoms with E-state index in [9.17, 15) is 26.0 Å². The lowest BCUT2D eigenvalue weighted by atomic mass is 10.1. The maximum absolute atomic E-state index is 13.6. The molecule has 130 valence electrons. The van der Waals surface area contributed by atoms with Gasteiger partial charge in [0.2, 0.25) is 10.0 Å². The largest absolute Gasteiger partial charge is 0.418 e. The molecule has 0 amide bonds. The van der Waals surface area contributed by atoms with Crippen molar-refractivity contribution in [1.29, 1.82) is 0 Å². The molecule has 2 aromatic rings. The minimum absolute atomic E-state index is 0.146. The van der Waals surface area contributed by atoms with Crippen molar-refractivity contribution in [3.05, 3.63) is 57.8 Å². The van der Waals surface area contributed by atoms with Gasteiger partial charge in [0.05, 0.1) is 10.5 Å². The van der Waals surface area contributed by atoms with E-state index in [1.165, 1.54) is 18.2 Å². The first-order valence-corrected chi connectivity index (χ1v) is 8.74. The normalized spacial score (nSPS) is 12.2. The van der Waals surface area contributed by atoms with E-state index in [2.05, 4.69) is 21.2 Å². The van der Waals surface area contributed by atoms with Crippen LogP contribution in [0.15, 0.2) is 45.8 Å². The van der Waals surface area contributed by atoms with Gasteiger partial charge in [-0.15, -0.1) is 0 Å². The number of hydrogen-bond donors (Lipinski definition) is 2. The molecule has 0 aliphatic carbocycles. The molecule has 0 aliphatic rings. The van der Waals surface area contributed by atoms with E-state index in [1.54, 1.807) is 0 Å². The standard InChI is InChI=1S/C14H11BrF4N2O2S/c15-9-1-3-12(16)8(5-9)7-21-13-4-2-10(24(20,22)23)6-11(13)14(17,18)19/h1-6,21H,7H2,(H2,20,22,23). The molecule has 3 N–H and O–H groups in total. The zero-order valence-corrected chi connectivity index (χ0v) is 14.3. The van der Waals surface area contributed by atoms with Gasteiger partial charge in [0, 0.05) is 22.3 Å². The summed E-state index contributed by atoms with van der Waals surface area (Å²) in [6.07, 6.45) is -4.81. The molecule has 0 fully saturated rings. The fraction of sp³-hybridized carbons (Fsp3) is 0.143. The van der Waals surface area contributed by atoms with Crippen LogP contribution in [0.5, 0.6) is 0 Å². The van der Waals surface area contributed by atoms with Crippen molar-refractivity contribution in [2.75, 3.05) is 5.32 Å². The van der Waals surface area contributed by atoms with Crippen molar-refractivity contribution in [2.24, 2.45) is 5.14 Å². The Morgan fingerprint density at radius 1 is 1.12 bits per heavy atom. The van der Waals surface area contributed by atoms with Gasteiger partial charge in [0.1, 0.15) is 5.82 Å². The highest BCUT2D eigenvalue weighted by Gasteiger charge is 2.34. The number of nitrogens with one attached hydrogen (secondary N) is 1. The molecule has 2 aromatic carbocycles. The van der Waals surface area contributed by atoms with Gasteiger partial charge in [-0.25, -0.2) is 17.9 Å². The molecule has 0 spiro atoms. The van der Waals surface area contributed by atoms with Crippen molar-refractivity contribution in [3.8, 4) is 0 Å². The number of alkyl halides is 3. The fourth-order valence-corrected chi connectivity index (χ4v) is 2.91. The Kier molecular flexibility index (Phi) is 5.21. The monoisotopic (exact) mass is 426 g/mol. The Morgan fingerprint density at radius 2 is 1.79 bits per heavy atom. The van der Waals surface area contributed by atoms with E-state index < -0.39 is 32.5 Å². The lowest BCUT2D eigenvalue weighted by molar-refractivity contribution is -0.137. The van der Waals surface area contributed by atoms with Crippen LogP contribution in [-0.4, -0.2) is 8.42 Å². The quantitative estimate of drug-likeness (QED) is 0.728. The Balaban J connectivity index is 2.38. The number of halogens is 5. The van der Waals surface area contributed by atoms with Gasteiger partial charge < -0.3 is 5.32 Å². The van der Waals surface area contributed by atoms with E-state index in [4.69, 9.17) is 5.14 Å². The summed E-state index contributed by atoms with van der Waals surface area (Å²) in [5, 5.41) is 7.32. The van der Waals surface area contributed by atoms with Gasteiger partial charge >= 0.3 is 6.18 Å². The summed E-state index contributed by atoms with van der Waals surface area (Å²) in [6, 6.07) is 6.39. The molecule has 0 aromatic heterocycles. The summed E-state index contributed by atoms with van der Waals surface area (Å²) in [4.78, 5) is -0.658. The fourth-order valence-electron chi connectivity index (χ4n) is 1.96. The van der Waals surface area contributed by atoms with Crippen LogP contribution in [0.4, 0.5) is 23.2 Å². The number of primary sulfonamides is 1. The van der Waals surface area contributed by atoms with E-state index in [0.29, 0.717) is 10.5 Å². The molecule has 0 atom stereocenters. The summed E-state index contributed by atoms with van der Waals surface area (Å²) >= 11 is 3.15. The molecule has 0 heterocycles. The van der Waals surface area contributed by atoms with Crippen molar-refractivity contribution >= 4 is 31.6 Å². The Hall–Kier alpha value is -1.65. The van der Waals surface area contributed by atoms with Gasteiger partial charge in [-0.3, -0.25) is 0 Å². The lowest BCUT2D eigenvalue weighted by Crippen LogP contribution is -2.16. The Bertz CT molecular complexity index is 870. The number of benzene rings is 2. The van der Waals surface area contributed by atoms with Crippen LogP contribution in [0.25, 0.3) is 0 Å². The van der Waals surface area contributed by atoms with E-state index in [0.717, 1.165) is 12.1 Å². The molecule has 2 rings (SSSR count). The summed E-state index contributed by atoms with van der Waals surface area (Å²) in [6.45, 7) is -0.219. The first kappa shape index (κ1) is 18.7. The molecule has 0 saturated heterocycles. The van der Waals surface area contributed by atoms with Crippen LogP contribution >= 0.6 is 15.9 Å². The third kappa shape index (κ3) is 4.46. The van der Waals surface area contributed by atoms with Crippen LogP contribution < -0.4 is 10.5 Å². The van der Waals surface area contributed by atoms with Gasteiger partial charge in [-0.1, -0.05) is 15.9 Å². The maximum Gasteiger partial charge on any atom is 0.418 e. The molecule has 0 aliphatic heterocycles. The van der Waals surface area contributed by atoms with Crippen LogP contribution in [0, 0.1) is 5.82 Å². The maximum atomic E-state index is 13.6. The average molecular weight is 427 g/mol. The number of anilines is 1. The highest BCUT2D eigenvalue weighted by atomic mass is 79.9. The summed E-state index contributed by atoms with van der Waals surface area (Å²) in [7, 11) is -4.28. The first-order chi connectivity index (χ1) is 11.0. The SMILES string of the molecule is NS(=O)(=O)c1ccc(NCc2cc(Br)ccc2F)c(C(F)(F)F)c1. The molecule has 0 bridgehead atoms. The van der Waals surface area contributed by atoms with E-state index >= 15 is 0 Å². The zero-order chi connectivity index (χ0) is 18.1. The van der Waals surface area contributed by atoms with Crippen molar-refractivity contribution in [1.82, 2.24) is 0 Å². The lowest BCUT2D eigenvalue weighted by Gasteiger charge is -2.16. The van der Waals surface area contributed by atoms with Crippen LogP contribution in [0.1, 0.15) is 11.1 Å². The highest BCUT2D eigenvalue weighted by molar-refractivity contribution is 9.10. The number of nitrogens with two attached hydrogens (primary N) is 1. The highest BCUT2D eigenvalue weighted by Crippen LogP contribution is 2.36. The van der Waals surface area contributed by atoms with Gasteiger partial charge in [0.15, 0.2) is 0 Å². The van der Waals surface area contributed by atoms with Crippen molar-refractivity contribution in [3.63, 3.8) is 0 Å². The molecule has 0 radical (unpaired) electrons. The van der Waals surface area contributed by atoms with Crippen LogP contribution in [0.3, 0.4) is 0 Å². The number of hydrogen-bond acceptors (Lipinski definition) is 3. The summed E-state index contributed by atoms with van der Waals surface area (Å²) in [5.74, 6) is -0.583. The predicted octanol–water partition coefficient (Wildman–Crippen LogP) is 3.87. The summed E-state index contributed by atoms with van der Waals surface area (Å²) < 4.78 is 76.0. The van der Waals surface area contributed by atoms with Gasteiger partial charge in [-0.2, -0.15) is 13.2 Å². The van der Waals surface area contributed by atoms with Crippen molar-refractivity contribution < 1.29 is 26.0 Å². The minimum atomic E-state index is -4.81. The molecule has 24 heavy (non-hydrogen) atoms. The van der Waals surface area contributed by atoms with Gasteiger partial charge in [0.25, 0.3) is 0 Å². The Morgan fingerprint density at radius 3 is 2.38 bits per heavy atom. The smallest absolute Gasteiger partial charge is 0.380 e. The third-order valence-corrected chi connectivity index (χ3v) is 4.51. The number of rotatable bonds is 4. The van der Waals surface area contributed by atoms with Crippen molar-refractivity contribution in [2.45, 2.75) is 17.6 Å². The third-order valence-electron chi connectivity index (χ3n) is 3.10. The number of sulfonamides is 1. The molecule has 0 unspecified atom stereocenters. The zero-order valence-electron chi connectivity index (χ0n) is 11.9. The average Bonchev–Trinajstić information content (AvgIpc) is 2.46.